The number of non-ortho nitro benzene ring substituents is 1. The molecule has 0 aliphatic carbocycles. The summed E-state index contributed by atoms with van der Waals surface area (Å²) < 4.78 is 1.36. The molecule has 0 unspecified atom stereocenters. The van der Waals surface area contributed by atoms with Crippen LogP contribution in [0.5, 0.6) is 0 Å². The highest BCUT2D eigenvalue weighted by Crippen LogP contribution is 2.18. The minimum absolute atomic E-state index is 0.0204. The third kappa shape index (κ3) is 4.58. The van der Waals surface area contributed by atoms with Crippen LogP contribution in [0.1, 0.15) is 16.8 Å². The molecule has 2 aromatic carbocycles. The monoisotopic (exact) mass is 396 g/mol. The van der Waals surface area contributed by atoms with Gasteiger partial charge in [0.2, 0.25) is 0 Å². The van der Waals surface area contributed by atoms with Crippen molar-refractivity contribution in [3.8, 4) is 5.69 Å². The van der Waals surface area contributed by atoms with Gasteiger partial charge in [0.1, 0.15) is 0 Å². The number of benzene rings is 2. The Morgan fingerprint density at radius 2 is 1.82 bits per heavy atom. The Hall–Kier alpha value is -3.13. The largest absolute Gasteiger partial charge is 0.295 e. The summed E-state index contributed by atoms with van der Waals surface area (Å²) in [6.07, 6.45) is 1.59. The lowest BCUT2D eigenvalue weighted by molar-refractivity contribution is -0.384. The van der Waals surface area contributed by atoms with Crippen molar-refractivity contribution >= 4 is 23.7 Å². The standard InChI is InChI=1S/C20H20N4O3S/c1-14-3-9-18(10-4-14)28-12-11-21-13-19-15(2)22-23(20(19)25)16-5-7-17(8-6-16)24(26)27/h3-10,13,22H,11-12H2,1-2H3. The van der Waals surface area contributed by atoms with Crippen LogP contribution in [0.15, 0.2) is 63.2 Å². The SMILES string of the molecule is Cc1ccc(SCCN=Cc2c(C)[nH]n(-c3ccc([N+](=O)[O-])cc3)c2=O)cc1. The molecule has 8 heteroatoms. The van der Waals surface area contributed by atoms with Crippen molar-refractivity contribution in [2.45, 2.75) is 18.7 Å². The lowest BCUT2D eigenvalue weighted by Gasteiger charge is -2.00. The van der Waals surface area contributed by atoms with Crippen molar-refractivity contribution in [2.24, 2.45) is 4.99 Å². The molecule has 0 bridgehead atoms. The molecule has 0 saturated heterocycles. The van der Waals surface area contributed by atoms with E-state index in [1.165, 1.54) is 39.4 Å². The molecule has 1 heterocycles. The molecule has 144 valence electrons. The molecule has 3 aromatic rings. The number of hydrogen-bond acceptors (Lipinski definition) is 5. The number of thioether (sulfide) groups is 1. The molecule has 0 atom stereocenters. The van der Waals surface area contributed by atoms with Crippen LogP contribution in [0.3, 0.4) is 0 Å². The van der Waals surface area contributed by atoms with Crippen LogP contribution in [0, 0.1) is 24.0 Å². The van der Waals surface area contributed by atoms with Crippen molar-refractivity contribution in [1.29, 1.82) is 0 Å². The van der Waals surface area contributed by atoms with E-state index in [-0.39, 0.29) is 11.2 Å². The molecule has 7 nitrogen and oxygen atoms in total. The third-order valence-electron chi connectivity index (χ3n) is 4.17. The van der Waals surface area contributed by atoms with Crippen LogP contribution in [0.25, 0.3) is 5.69 Å². The van der Waals surface area contributed by atoms with Crippen LogP contribution >= 0.6 is 11.8 Å². The summed E-state index contributed by atoms with van der Waals surface area (Å²) >= 11 is 1.72. The first kappa shape index (κ1) is 19.6. The van der Waals surface area contributed by atoms with Gasteiger partial charge in [-0.3, -0.25) is 25.0 Å². The van der Waals surface area contributed by atoms with Gasteiger partial charge in [0.05, 0.1) is 16.2 Å². The molecular formula is C20H20N4O3S. The zero-order valence-electron chi connectivity index (χ0n) is 15.6. The number of aliphatic imine (C=N–C) groups is 1. The second-order valence-electron chi connectivity index (χ2n) is 6.26. The van der Waals surface area contributed by atoms with Gasteiger partial charge < -0.3 is 0 Å². The number of nitro groups is 1. The Morgan fingerprint density at radius 3 is 2.46 bits per heavy atom. The minimum atomic E-state index is -0.473. The molecule has 0 radical (unpaired) electrons. The van der Waals surface area contributed by atoms with Crippen molar-refractivity contribution < 1.29 is 4.92 Å². The van der Waals surface area contributed by atoms with Crippen LogP contribution < -0.4 is 5.56 Å². The molecule has 1 aromatic heterocycles. The first-order valence-corrected chi connectivity index (χ1v) is 9.70. The maximum Gasteiger partial charge on any atom is 0.280 e. The van der Waals surface area contributed by atoms with Gasteiger partial charge >= 0.3 is 0 Å². The van der Waals surface area contributed by atoms with E-state index in [0.29, 0.717) is 23.5 Å². The Balaban J connectivity index is 1.66. The number of aromatic nitrogens is 2. The van der Waals surface area contributed by atoms with E-state index in [1.54, 1.807) is 24.9 Å². The molecule has 0 aliphatic heterocycles. The van der Waals surface area contributed by atoms with E-state index >= 15 is 0 Å². The fourth-order valence-corrected chi connectivity index (χ4v) is 3.38. The average Bonchev–Trinajstić information content (AvgIpc) is 2.97. The first-order valence-electron chi connectivity index (χ1n) is 8.71. The van der Waals surface area contributed by atoms with E-state index < -0.39 is 4.92 Å². The van der Waals surface area contributed by atoms with Gasteiger partial charge in [-0.2, -0.15) is 0 Å². The summed E-state index contributed by atoms with van der Waals surface area (Å²) in [4.78, 5) is 28.5. The first-order chi connectivity index (χ1) is 13.5. The highest BCUT2D eigenvalue weighted by Gasteiger charge is 2.12. The van der Waals surface area contributed by atoms with Crippen molar-refractivity contribution in [3.63, 3.8) is 0 Å². The van der Waals surface area contributed by atoms with Crippen LogP contribution in [0.4, 0.5) is 5.69 Å². The fraction of sp³-hybridized carbons (Fsp3) is 0.200. The number of nitro benzene ring substituents is 1. The molecule has 3 rings (SSSR count). The number of nitrogens with one attached hydrogen (secondary N) is 1. The minimum Gasteiger partial charge on any atom is -0.295 e. The second kappa shape index (κ2) is 8.71. The fourth-order valence-electron chi connectivity index (χ4n) is 2.62. The van der Waals surface area contributed by atoms with Gasteiger partial charge in [-0.1, -0.05) is 17.7 Å². The lowest BCUT2D eigenvalue weighted by Crippen LogP contribution is -2.17. The van der Waals surface area contributed by atoms with Crippen LogP contribution in [0.2, 0.25) is 0 Å². The van der Waals surface area contributed by atoms with Crippen molar-refractivity contribution in [2.75, 3.05) is 12.3 Å². The van der Waals surface area contributed by atoms with Gasteiger partial charge in [0, 0.05) is 41.2 Å². The summed E-state index contributed by atoms with van der Waals surface area (Å²) in [6, 6.07) is 14.1. The summed E-state index contributed by atoms with van der Waals surface area (Å²) in [7, 11) is 0. The van der Waals surface area contributed by atoms with E-state index in [2.05, 4.69) is 41.3 Å². The molecule has 1 N–H and O–H groups in total. The Labute approximate surface area is 166 Å². The van der Waals surface area contributed by atoms with Gasteiger partial charge in [-0.25, -0.2) is 4.68 Å². The number of rotatable bonds is 7. The number of nitrogens with zero attached hydrogens (tertiary/aromatic N) is 3. The lowest BCUT2D eigenvalue weighted by atomic mass is 10.2. The molecule has 0 amide bonds. The zero-order valence-corrected chi connectivity index (χ0v) is 16.4. The van der Waals surface area contributed by atoms with E-state index in [9.17, 15) is 14.9 Å². The summed E-state index contributed by atoms with van der Waals surface area (Å²) in [5.41, 5.74) is 2.69. The van der Waals surface area contributed by atoms with Gasteiger partial charge in [-0.15, -0.1) is 11.8 Å². The third-order valence-corrected chi connectivity index (χ3v) is 5.16. The normalized spacial score (nSPS) is 11.2. The predicted molar refractivity (Wildman–Crippen MR) is 112 cm³/mol. The topological polar surface area (TPSA) is 93.3 Å². The predicted octanol–water partition coefficient (Wildman–Crippen LogP) is 3.90. The Morgan fingerprint density at radius 1 is 1.14 bits per heavy atom. The molecule has 0 spiro atoms. The van der Waals surface area contributed by atoms with Crippen molar-refractivity contribution in [1.82, 2.24) is 9.78 Å². The van der Waals surface area contributed by atoms with E-state index in [1.807, 2.05) is 0 Å². The smallest absolute Gasteiger partial charge is 0.280 e. The van der Waals surface area contributed by atoms with E-state index in [4.69, 9.17) is 0 Å². The maximum absolute atomic E-state index is 12.6. The van der Waals surface area contributed by atoms with E-state index in [0.717, 1.165) is 5.75 Å². The Kier molecular flexibility index (Phi) is 6.10. The summed E-state index contributed by atoms with van der Waals surface area (Å²) in [5, 5.41) is 13.7. The highest BCUT2D eigenvalue weighted by atomic mass is 32.2. The average molecular weight is 396 g/mol. The van der Waals surface area contributed by atoms with Gasteiger partial charge in [0.25, 0.3) is 11.2 Å². The maximum atomic E-state index is 12.6. The number of hydrogen-bond donors (Lipinski definition) is 1. The molecule has 0 saturated carbocycles. The zero-order chi connectivity index (χ0) is 20.1. The second-order valence-corrected chi connectivity index (χ2v) is 7.43. The van der Waals surface area contributed by atoms with Gasteiger partial charge in [0.15, 0.2) is 0 Å². The van der Waals surface area contributed by atoms with Crippen molar-refractivity contribution in [3.05, 3.63) is 85.8 Å². The number of aryl methyl sites for hydroxylation is 2. The molecule has 0 fully saturated rings. The number of aromatic amines is 1. The van der Waals surface area contributed by atoms with Gasteiger partial charge in [-0.05, 0) is 38.1 Å². The van der Waals surface area contributed by atoms with Crippen LogP contribution in [-0.4, -0.2) is 33.2 Å². The molecular weight excluding hydrogens is 376 g/mol. The Bertz CT molecular complexity index is 1050. The molecule has 28 heavy (non-hydrogen) atoms. The quantitative estimate of drug-likeness (QED) is 0.215. The summed E-state index contributed by atoms with van der Waals surface area (Å²) in [6.45, 7) is 4.45. The van der Waals surface area contributed by atoms with Crippen LogP contribution in [-0.2, 0) is 0 Å². The molecule has 0 aliphatic rings. The summed E-state index contributed by atoms with van der Waals surface area (Å²) in [5.74, 6) is 0.819. The number of H-pyrrole nitrogens is 1. The highest BCUT2D eigenvalue weighted by molar-refractivity contribution is 7.99.